The normalized spacial score (nSPS) is 15.3. The summed E-state index contributed by atoms with van der Waals surface area (Å²) < 4.78 is 13.0. The van der Waals surface area contributed by atoms with E-state index in [-0.39, 0.29) is 29.8 Å². The first-order valence-electron chi connectivity index (χ1n) is 7.58. The standard InChI is InChI=1S/C16H20FN5S.HI/c1-12-15(23-11-20-12)10-19-16(18)22-8-6-21(7-9-22)14-4-2-13(17)3-5-14;/h2-5,11H,6-10H2,1H3,(H2,18,19);1H. The van der Waals surface area contributed by atoms with Crippen molar-refractivity contribution >= 4 is 47.0 Å². The Labute approximate surface area is 162 Å². The number of halogens is 2. The lowest BCUT2D eigenvalue weighted by Gasteiger charge is -2.36. The Morgan fingerprint density at radius 2 is 1.92 bits per heavy atom. The number of hydrogen-bond acceptors (Lipinski definition) is 4. The molecular formula is C16H21FIN5S. The lowest BCUT2D eigenvalue weighted by atomic mass is 10.2. The number of guanidine groups is 1. The Kier molecular flexibility index (Phi) is 6.79. The van der Waals surface area contributed by atoms with E-state index in [1.54, 1.807) is 11.3 Å². The molecule has 2 aromatic rings. The summed E-state index contributed by atoms with van der Waals surface area (Å²) in [5.74, 6) is 0.374. The van der Waals surface area contributed by atoms with Gasteiger partial charge in [0.25, 0.3) is 0 Å². The predicted octanol–water partition coefficient (Wildman–Crippen LogP) is 2.85. The van der Waals surface area contributed by atoms with Gasteiger partial charge in [-0.1, -0.05) is 0 Å². The first kappa shape index (κ1) is 18.9. The van der Waals surface area contributed by atoms with Crippen molar-refractivity contribution in [2.75, 3.05) is 31.1 Å². The molecule has 5 nitrogen and oxygen atoms in total. The van der Waals surface area contributed by atoms with Gasteiger partial charge in [-0.3, -0.25) is 0 Å². The highest BCUT2D eigenvalue weighted by Gasteiger charge is 2.18. The maximum absolute atomic E-state index is 13.0. The first-order valence-corrected chi connectivity index (χ1v) is 8.46. The van der Waals surface area contributed by atoms with Crippen molar-refractivity contribution in [2.24, 2.45) is 10.7 Å². The summed E-state index contributed by atoms with van der Waals surface area (Å²) in [6.07, 6.45) is 0. The smallest absolute Gasteiger partial charge is 0.191 e. The van der Waals surface area contributed by atoms with E-state index < -0.39 is 0 Å². The molecule has 2 N–H and O–H groups in total. The molecule has 1 aliphatic rings. The fraction of sp³-hybridized carbons (Fsp3) is 0.375. The zero-order valence-corrected chi connectivity index (χ0v) is 16.6. The van der Waals surface area contributed by atoms with E-state index in [0.717, 1.165) is 42.4 Å². The van der Waals surface area contributed by atoms with Crippen LogP contribution < -0.4 is 10.6 Å². The van der Waals surface area contributed by atoms with Crippen LogP contribution in [0, 0.1) is 12.7 Å². The molecule has 1 aromatic heterocycles. The van der Waals surface area contributed by atoms with Crippen molar-refractivity contribution in [3.05, 3.63) is 46.2 Å². The molecule has 0 unspecified atom stereocenters. The van der Waals surface area contributed by atoms with E-state index in [0.29, 0.717) is 12.5 Å². The maximum Gasteiger partial charge on any atom is 0.191 e. The van der Waals surface area contributed by atoms with Gasteiger partial charge >= 0.3 is 0 Å². The van der Waals surface area contributed by atoms with Gasteiger partial charge in [0.15, 0.2) is 5.96 Å². The molecule has 0 aliphatic carbocycles. The molecule has 0 saturated carbocycles. The van der Waals surface area contributed by atoms with Crippen LogP contribution in [0.2, 0.25) is 0 Å². The van der Waals surface area contributed by atoms with E-state index in [1.807, 2.05) is 24.6 Å². The minimum Gasteiger partial charge on any atom is -0.370 e. The van der Waals surface area contributed by atoms with Crippen LogP contribution in [0.1, 0.15) is 10.6 Å². The van der Waals surface area contributed by atoms with Crippen LogP contribution in [0.15, 0.2) is 34.8 Å². The van der Waals surface area contributed by atoms with Gasteiger partial charge in [-0.15, -0.1) is 35.3 Å². The molecule has 0 radical (unpaired) electrons. The Bertz CT molecular complexity index is 680. The Hall–Kier alpha value is -1.42. The van der Waals surface area contributed by atoms with Crippen LogP contribution >= 0.6 is 35.3 Å². The minimum atomic E-state index is -0.206. The maximum atomic E-state index is 13.0. The van der Waals surface area contributed by atoms with E-state index in [2.05, 4.69) is 19.8 Å². The van der Waals surface area contributed by atoms with E-state index in [1.165, 1.54) is 12.1 Å². The molecule has 130 valence electrons. The van der Waals surface area contributed by atoms with E-state index in [9.17, 15) is 4.39 Å². The number of rotatable bonds is 3. The van der Waals surface area contributed by atoms with E-state index in [4.69, 9.17) is 5.73 Å². The van der Waals surface area contributed by atoms with Gasteiger partial charge in [0.1, 0.15) is 5.82 Å². The third-order valence-corrected chi connectivity index (χ3v) is 4.94. The number of nitrogens with zero attached hydrogens (tertiary/aromatic N) is 4. The fourth-order valence-corrected chi connectivity index (χ4v) is 3.28. The van der Waals surface area contributed by atoms with Crippen LogP contribution in [0.4, 0.5) is 10.1 Å². The van der Waals surface area contributed by atoms with Crippen molar-refractivity contribution in [3.8, 4) is 0 Å². The summed E-state index contributed by atoms with van der Waals surface area (Å²) in [5.41, 5.74) is 10.0. The second-order valence-electron chi connectivity index (χ2n) is 5.49. The summed E-state index contributed by atoms with van der Waals surface area (Å²) in [6.45, 7) is 5.89. The van der Waals surface area contributed by atoms with Crippen molar-refractivity contribution in [1.82, 2.24) is 9.88 Å². The van der Waals surface area contributed by atoms with E-state index >= 15 is 0 Å². The largest absolute Gasteiger partial charge is 0.370 e. The number of nitrogens with two attached hydrogens (primary N) is 1. The SMILES string of the molecule is Cc1ncsc1CN=C(N)N1CCN(c2ccc(F)cc2)CC1.I. The predicted molar refractivity (Wildman–Crippen MR) is 108 cm³/mol. The third kappa shape index (κ3) is 4.56. The second-order valence-corrected chi connectivity index (χ2v) is 6.43. The Morgan fingerprint density at radius 3 is 2.50 bits per heavy atom. The molecule has 0 bridgehead atoms. The molecule has 0 spiro atoms. The topological polar surface area (TPSA) is 57.8 Å². The van der Waals surface area contributed by atoms with Crippen LogP contribution in [-0.4, -0.2) is 42.0 Å². The minimum absolute atomic E-state index is 0. The number of piperazine rings is 1. The number of aromatic nitrogens is 1. The molecule has 3 rings (SSSR count). The summed E-state index contributed by atoms with van der Waals surface area (Å²) in [4.78, 5) is 14.2. The van der Waals surface area contributed by atoms with Crippen LogP contribution in [0.5, 0.6) is 0 Å². The lowest BCUT2D eigenvalue weighted by Crippen LogP contribution is -2.51. The molecule has 1 saturated heterocycles. The number of anilines is 1. The quantitative estimate of drug-likeness (QED) is 0.434. The monoisotopic (exact) mass is 461 g/mol. The molecular weight excluding hydrogens is 440 g/mol. The molecule has 24 heavy (non-hydrogen) atoms. The van der Waals surface area contributed by atoms with Gasteiger partial charge in [-0.2, -0.15) is 0 Å². The van der Waals surface area contributed by atoms with Crippen molar-refractivity contribution in [2.45, 2.75) is 13.5 Å². The average molecular weight is 461 g/mol. The van der Waals surface area contributed by atoms with Crippen LogP contribution in [-0.2, 0) is 6.54 Å². The molecule has 0 atom stereocenters. The zero-order chi connectivity index (χ0) is 16.2. The summed E-state index contributed by atoms with van der Waals surface area (Å²) in [6, 6.07) is 6.62. The summed E-state index contributed by atoms with van der Waals surface area (Å²) >= 11 is 1.61. The second kappa shape index (κ2) is 8.61. The first-order chi connectivity index (χ1) is 11.1. The van der Waals surface area contributed by atoms with Gasteiger partial charge in [0, 0.05) is 36.7 Å². The van der Waals surface area contributed by atoms with Crippen molar-refractivity contribution in [1.29, 1.82) is 0 Å². The number of benzene rings is 1. The number of aliphatic imine (C=N–C) groups is 1. The van der Waals surface area contributed by atoms with Gasteiger partial charge in [0.2, 0.25) is 0 Å². The Balaban J connectivity index is 0.00000208. The van der Waals surface area contributed by atoms with Gasteiger partial charge in [-0.05, 0) is 31.2 Å². The molecule has 1 aromatic carbocycles. The fourth-order valence-electron chi connectivity index (χ4n) is 2.58. The average Bonchev–Trinajstić information content (AvgIpc) is 2.99. The van der Waals surface area contributed by atoms with Gasteiger partial charge in [-0.25, -0.2) is 14.4 Å². The number of aryl methyl sites for hydroxylation is 1. The highest BCUT2D eigenvalue weighted by Crippen LogP contribution is 2.17. The van der Waals surface area contributed by atoms with Crippen LogP contribution in [0.25, 0.3) is 0 Å². The number of thiazole rings is 1. The zero-order valence-electron chi connectivity index (χ0n) is 13.5. The summed E-state index contributed by atoms with van der Waals surface area (Å²) in [5, 5.41) is 0. The van der Waals surface area contributed by atoms with Crippen molar-refractivity contribution in [3.63, 3.8) is 0 Å². The number of hydrogen-bond donors (Lipinski definition) is 1. The summed E-state index contributed by atoms with van der Waals surface area (Å²) in [7, 11) is 0. The highest BCUT2D eigenvalue weighted by molar-refractivity contribution is 14.0. The molecule has 2 heterocycles. The highest BCUT2D eigenvalue weighted by atomic mass is 127. The molecule has 8 heteroatoms. The molecule has 0 amide bonds. The van der Waals surface area contributed by atoms with Gasteiger partial charge in [0.05, 0.1) is 17.7 Å². The van der Waals surface area contributed by atoms with Crippen LogP contribution in [0.3, 0.4) is 0 Å². The third-order valence-electron chi connectivity index (χ3n) is 4.02. The lowest BCUT2D eigenvalue weighted by molar-refractivity contribution is 0.380. The Morgan fingerprint density at radius 1 is 1.25 bits per heavy atom. The van der Waals surface area contributed by atoms with Crippen molar-refractivity contribution < 1.29 is 4.39 Å². The molecule has 1 fully saturated rings. The molecule has 1 aliphatic heterocycles. The van der Waals surface area contributed by atoms with Gasteiger partial charge < -0.3 is 15.5 Å².